The predicted molar refractivity (Wildman–Crippen MR) is 50.2 cm³/mol. The molecule has 0 aromatic heterocycles. The number of amides is 1. The van der Waals surface area contributed by atoms with Crippen LogP contribution in [0.3, 0.4) is 0 Å². The van der Waals surface area contributed by atoms with Crippen LogP contribution in [0, 0.1) is 5.92 Å². The molecule has 0 radical (unpaired) electrons. The zero-order valence-corrected chi connectivity index (χ0v) is 8.29. The molecule has 2 unspecified atom stereocenters. The second kappa shape index (κ2) is 6.86. The lowest BCUT2D eigenvalue weighted by molar-refractivity contribution is -0.121. The fourth-order valence-corrected chi connectivity index (χ4v) is 0.781. The van der Waals surface area contributed by atoms with E-state index in [1.807, 2.05) is 6.92 Å². The SMILES string of the molecule is CC(O)CCC(=O)NCC(C)CO. The summed E-state index contributed by atoms with van der Waals surface area (Å²) in [5, 5.41) is 20.3. The highest BCUT2D eigenvalue weighted by Crippen LogP contribution is 1.96. The number of aliphatic hydroxyl groups is 2. The molecule has 0 aliphatic carbocycles. The lowest BCUT2D eigenvalue weighted by Crippen LogP contribution is -2.29. The second-order valence-corrected chi connectivity index (χ2v) is 3.48. The van der Waals surface area contributed by atoms with Crippen LogP contribution in [0.2, 0.25) is 0 Å². The van der Waals surface area contributed by atoms with Crippen LogP contribution in [0.1, 0.15) is 26.7 Å². The van der Waals surface area contributed by atoms with Crippen LogP contribution in [0.25, 0.3) is 0 Å². The third-order valence-electron chi connectivity index (χ3n) is 1.75. The van der Waals surface area contributed by atoms with Crippen molar-refractivity contribution in [3.63, 3.8) is 0 Å². The molecule has 0 aliphatic rings. The molecule has 4 heteroatoms. The summed E-state index contributed by atoms with van der Waals surface area (Å²) < 4.78 is 0. The molecule has 0 rings (SSSR count). The smallest absolute Gasteiger partial charge is 0.220 e. The fraction of sp³-hybridized carbons (Fsp3) is 0.889. The van der Waals surface area contributed by atoms with Crippen LogP contribution in [0.5, 0.6) is 0 Å². The topological polar surface area (TPSA) is 69.6 Å². The zero-order chi connectivity index (χ0) is 10.3. The van der Waals surface area contributed by atoms with Crippen molar-refractivity contribution in [2.75, 3.05) is 13.2 Å². The predicted octanol–water partition coefficient (Wildman–Crippen LogP) is -0.108. The van der Waals surface area contributed by atoms with E-state index in [1.54, 1.807) is 6.92 Å². The van der Waals surface area contributed by atoms with Gasteiger partial charge in [0, 0.05) is 19.6 Å². The van der Waals surface area contributed by atoms with Crippen LogP contribution >= 0.6 is 0 Å². The van der Waals surface area contributed by atoms with Gasteiger partial charge >= 0.3 is 0 Å². The van der Waals surface area contributed by atoms with Gasteiger partial charge in [-0.25, -0.2) is 0 Å². The molecule has 0 bridgehead atoms. The van der Waals surface area contributed by atoms with E-state index in [0.717, 1.165) is 0 Å². The third-order valence-corrected chi connectivity index (χ3v) is 1.75. The largest absolute Gasteiger partial charge is 0.396 e. The summed E-state index contributed by atoms with van der Waals surface area (Å²) in [6.45, 7) is 4.09. The van der Waals surface area contributed by atoms with Gasteiger partial charge in [0.25, 0.3) is 0 Å². The zero-order valence-electron chi connectivity index (χ0n) is 8.29. The molecule has 13 heavy (non-hydrogen) atoms. The van der Waals surface area contributed by atoms with Crippen LogP contribution in [-0.2, 0) is 4.79 Å². The quantitative estimate of drug-likeness (QED) is 0.546. The molecule has 0 spiro atoms. The Hall–Kier alpha value is -0.610. The molecular formula is C9H19NO3. The van der Waals surface area contributed by atoms with Gasteiger partial charge in [0.05, 0.1) is 6.10 Å². The van der Waals surface area contributed by atoms with E-state index in [9.17, 15) is 4.79 Å². The molecule has 0 aromatic rings. The second-order valence-electron chi connectivity index (χ2n) is 3.48. The van der Waals surface area contributed by atoms with Crippen molar-refractivity contribution in [3.8, 4) is 0 Å². The van der Waals surface area contributed by atoms with E-state index in [1.165, 1.54) is 0 Å². The van der Waals surface area contributed by atoms with Gasteiger partial charge in [0.1, 0.15) is 0 Å². The number of hydrogen-bond donors (Lipinski definition) is 3. The van der Waals surface area contributed by atoms with Crippen molar-refractivity contribution in [2.24, 2.45) is 5.92 Å². The third kappa shape index (κ3) is 7.74. The Morgan fingerprint density at radius 3 is 2.54 bits per heavy atom. The van der Waals surface area contributed by atoms with Gasteiger partial charge in [0.15, 0.2) is 0 Å². The molecule has 0 fully saturated rings. The highest BCUT2D eigenvalue weighted by molar-refractivity contribution is 5.75. The van der Waals surface area contributed by atoms with Crippen molar-refractivity contribution >= 4 is 5.91 Å². The first kappa shape index (κ1) is 12.4. The molecule has 3 N–H and O–H groups in total. The Morgan fingerprint density at radius 2 is 2.08 bits per heavy atom. The maximum atomic E-state index is 11.1. The normalized spacial score (nSPS) is 15.1. The Kier molecular flexibility index (Phi) is 6.54. The summed E-state index contributed by atoms with van der Waals surface area (Å²) in [5.41, 5.74) is 0. The van der Waals surface area contributed by atoms with Gasteiger partial charge in [-0.1, -0.05) is 6.92 Å². The number of carbonyl (C=O) groups excluding carboxylic acids is 1. The van der Waals surface area contributed by atoms with E-state index in [0.29, 0.717) is 19.4 Å². The number of rotatable bonds is 6. The lowest BCUT2D eigenvalue weighted by Gasteiger charge is -2.09. The molecular weight excluding hydrogens is 170 g/mol. The molecule has 0 saturated carbocycles. The van der Waals surface area contributed by atoms with Crippen molar-refractivity contribution in [3.05, 3.63) is 0 Å². The number of aliphatic hydroxyl groups excluding tert-OH is 2. The number of carbonyl (C=O) groups is 1. The minimum Gasteiger partial charge on any atom is -0.396 e. The molecule has 0 heterocycles. The Balaban J connectivity index is 3.40. The summed E-state index contributed by atoms with van der Waals surface area (Å²) in [7, 11) is 0. The van der Waals surface area contributed by atoms with Gasteiger partial charge in [-0.05, 0) is 19.3 Å². The minimum absolute atomic E-state index is 0.0683. The summed E-state index contributed by atoms with van der Waals surface area (Å²) in [5.74, 6) is 0.0247. The average molecular weight is 189 g/mol. The monoisotopic (exact) mass is 189 g/mol. The van der Waals surface area contributed by atoms with Gasteiger partial charge in [-0.2, -0.15) is 0 Å². The minimum atomic E-state index is -0.430. The summed E-state index contributed by atoms with van der Waals surface area (Å²) in [4.78, 5) is 11.1. The highest BCUT2D eigenvalue weighted by atomic mass is 16.3. The lowest BCUT2D eigenvalue weighted by atomic mass is 10.2. The van der Waals surface area contributed by atoms with Crippen molar-refractivity contribution in [2.45, 2.75) is 32.8 Å². The Morgan fingerprint density at radius 1 is 1.46 bits per heavy atom. The summed E-state index contributed by atoms with van der Waals surface area (Å²) in [6, 6.07) is 0. The van der Waals surface area contributed by atoms with Gasteiger partial charge in [0.2, 0.25) is 5.91 Å². The first-order valence-electron chi connectivity index (χ1n) is 4.62. The highest BCUT2D eigenvalue weighted by Gasteiger charge is 2.05. The van der Waals surface area contributed by atoms with Crippen molar-refractivity contribution in [1.29, 1.82) is 0 Å². The van der Waals surface area contributed by atoms with E-state index in [2.05, 4.69) is 5.32 Å². The molecule has 4 nitrogen and oxygen atoms in total. The van der Waals surface area contributed by atoms with Crippen LogP contribution in [0.4, 0.5) is 0 Å². The molecule has 0 aliphatic heterocycles. The Labute approximate surface area is 79.0 Å². The number of nitrogens with one attached hydrogen (secondary N) is 1. The maximum Gasteiger partial charge on any atom is 0.220 e. The van der Waals surface area contributed by atoms with E-state index in [4.69, 9.17) is 10.2 Å². The molecule has 0 aromatic carbocycles. The van der Waals surface area contributed by atoms with Crippen molar-refractivity contribution < 1.29 is 15.0 Å². The molecule has 2 atom stereocenters. The maximum absolute atomic E-state index is 11.1. The Bertz CT molecular complexity index is 148. The summed E-state index contributed by atoms with van der Waals surface area (Å²) >= 11 is 0. The van der Waals surface area contributed by atoms with Crippen molar-refractivity contribution in [1.82, 2.24) is 5.32 Å². The fourth-order valence-electron chi connectivity index (χ4n) is 0.781. The molecule has 0 saturated heterocycles. The van der Waals surface area contributed by atoms with Crippen LogP contribution in [0.15, 0.2) is 0 Å². The van der Waals surface area contributed by atoms with E-state index >= 15 is 0 Å². The van der Waals surface area contributed by atoms with Gasteiger partial charge in [-0.15, -0.1) is 0 Å². The molecule has 1 amide bonds. The number of hydrogen-bond acceptors (Lipinski definition) is 3. The summed E-state index contributed by atoms with van der Waals surface area (Å²) in [6.07, 6.45) is 0.399. The van der Waals surface area contributed by atoms with E-state index in [-0.39, 0.29) is 18.4 Å². The van der Waals surface area contributed by atoms with Gasteiger partial charge in [-0.3, -0.25) is 4.79 Å². The molecule has 78 valence electrons. The van der Waals surface area contributed by atoms with Gasteiger partial charge < -0.3 is 15.5 Å². The first-order chi connectivity index (χ1) is 6.06. The average Bonchev–Trinajstić information content (AvgIpc) is 2.10. The van der Waals surface area contributed by atoms with Crippen LogP contribution < -0.4 is 5.32 Å². The van der Waals surface area contributed by atoms with E-state index < -0.39 is 6.10 Å². The first-order valence-corrected chi connectivity index (χ1v) is 4.62. The standard InChI is InChI=1S/C9H19NO3/c1-7(6-11)5-10-9(13)4-3-8(2)12/h7-8,11-12H,3-6H2,1-2H3,(H,10,13). The van der Waals surface area contributed by atoms with Crippen LogP contribution in [-0.4, -0.2) is 35.4 Å².